The molecule has 0 unspecified atom stereocenters. The predicted octanol–water partition coefficient (Wildman–Crippen LogP) is 8.26. The van der Waals surface area contributed by atoms with Gasteiger partial charge in [-0.1, -0.05) is 60.3 Å². The largest absolute Gasteiger partial charge is 0.158 e. The van der Waals surface area contributed by atoms with Crippen molar-refractivity contribution >= 4 is 32.2 Å². The van der Waals surface area contributed by atoms with Crippen LogP contribution in [0.4, 0.5) is 25.2 Å². The van der Waals surface area contributed by atoms with Gasteiger partial charge in [-0.3, -0.25) is 0 Å². The second-order valence-electron chi connectivity index (χ2n) is 5.45. The van der Waals surface area contributed by atoms with Crippen molar-refractivity contribution in [3.8, 4) is 11.1 Å². The van der Waals surface area contributed by atoms with E-state index in [-0.39, 0.29) is 0 Å². The number of hydrogen-bond acceptors (Lipinski definition) is 1. The molecule has 0 aliphatic rings. The van der Waals surface area contributed by atoms with Crippen molar-refractivity contribution in [3.05, 3.63) is 78.9 Å². The Kier molecular flexibility index (Phi) is 5.95. The van der Waals surface area contributed by atoms with Gasteiger partial charge in [0.2, 0.25) is 0 Å². The van der Waals surface area contributed by atoms with Crippen molar-refractivity contribution in [2.75, 3.05) is 0 Å². The molecule has 0 aliphatic heterocycles. The summed E-state index contributed by atoms with van der Waals surface area (Å²) in [4.78, 5) is 3.62. The van der Waals surface area contributed by atoms with Crippen LogP contribution in [0, 0.1) is 0 Å². The summed E-state index contributed by atoms with van der Waals surface area (Å²) in [6.45, 7) is 0. The summed E-state index contributed by atoms with van der Waals surface area (Å²) in [5.74, 6) is 0. The fourth-order valence-electron chi connectivity index (χ4n) is 2.07. The minimum absolute atomic E-state index is 1.12. The zero-order valence-corrected chi connectivity index (χ0v) is 16.3. The summed E-state index contributed by atoms with van der Waals surface area (Å²) < 4.78 is 59.2. The minimum atomic E-state index is -10.7. The molecule has 0 aromatic heterocycles. The zero-order chi connectivity index (χ0) is 20.2. The monoisotopic (exact) mass is 440 g/mol. The summed E-state index contributed by atoms with van der Waals surface area (Å²) in [5, 5.41) is 0. The predicted molar refractivity (Wildman–Crippen MR) is 104 cm³/mol. The van der Waals surface area contributed by atoms with Crippen LogP contribution in [-0.4, -0.2) is 0 Å². The van der Waals surface area contributed by atoms with E-state index < -0.39 is 7.81 Å². The van der Waals surface area contributed by atoms with Gasteiger partial charge in [-0.05, 0) is 48.5 Å². The van der Waals surface area contributed by atoms with Gasteiger partial charge in [0.05, 0.1) is 0 Å². The molecular formula is C18H15F6PS2. The molecule has 0 saturated heterocycles. The standard InChI is InChI=1S/C18H14S2.F6P/c19-18-12-11-16(20-15-9-5-2-6-10-15)13-17(18)14-7-3-1-4-8-14;1-7(2,3,4,5)6/h1-13,19H;/q;-1/p+1. The molecule has 0 atom stereocenters. The molecule has 146 valence electrons. The molecule has 0 radical (unpaired) electrons. The number of halogens is 6. The molecule has 3 rings (SSSR count). The Hall–Kier alpha value is -1.63. The first-order valence-corrected chi connectivity index (χ1v) is 10.8. The SMILES string of the molecule is F[P-](F)(F)(F)(F)F.[SH2+]c1ccc(Sc2ccccc2)cc1-c1ccccc1. The van der Waals surface area contributed by atoms with Crippen molar-refractivity contribution in [1.29, 1.82) is 0 Å². The second-order valence-corrected chi connectivity index (χ2v) is 9.05. The maximum absolute atomic E-state index is 10.7. The first-order valence-electron chi connectivity index (χ1n) is 7.48. The molecule has 0 amide bonds. The maximum Gasteiger partial charge on any atom is 0.158 e. The fraction of sp³-hybridized carbons (Fsp3) is 0. The molecule has 0 aliphatic carbocycles. The van der Waals surface area contributed by atoms with Crippen LogP contribution in [0.3, 0.4) is 0 Å². The maximum atomic E-state index is 9.87. The quantitative estimate of drug-likeness (QED) is 0.224. The van der Waals surface area contributed by atoms with Gasteiger partial charge in [-0.25, -0.2) is 0 Å². The first kappa shape index (κ1) is 21.7. The topological polar surface area (TPSA) is 0 Å². The van der Waals surface area contributed by atoms with Crippen molar-refractivity contribution < 1.29 is 25.2 Å². The van der Waals surface area contributed by atoms with Gasteiger partial charge in [0.15, 0.2) is 4.90 Å². The van der Waals surface area contributed by atoms with Gasteiger partial charge in [-0.15, -0.1) is 0 Å². The van der Waals surface area contributed by atoms with E-state index in [1.54, 1.807) is 11.8 Å². The van der Waals surface area contributed by atoms with E-state index in [1.807, 2.05) is 12.1 Å². The van der Waals surface area contributed by atoms with E-state index in [9.17, 15) is 25.2 Å². The third-order valence-electron chi connectivity index (χ3n) is 3.05. The van der Waals surface area contributed by atoms with Gasteiger partial charge in [-0.2, -0.15) is 0 Å². The van der Waals surface area contributed by atoms with Gasteiger partial charge >= 0.3 is 33.0 Å². The molecule has 0 heterocycles. The second kappa shape index (κ2) is 7.41. The Morgan fingerprint density at radius 3 is 1.63 bits per heavy atom. The molecule has 27 heavy (non-hydrogen) atoms. The summed E-state index contributed by atoms with van der Waals surface area (Å²) in [7, 11) is -10.7. The smallest absolute Gasteiger partial charge is 0.0901 e. The van der Waals surface area contributed by atoms with E-state index in [0.29, 0.717) is 0 Å². The molecule has 3 aromatic rings. The molecule has 0 nitrogen and oxygen atoms in total. The average Bonchev–Trinajstić information content (AvgIpc) is 2.56. The zero-order valence-electron chi connectivity index (χ0n) is 13.6. The molecule has 0 bridgehead atoms. The molecular weight excluding hydrogens is 425 g/mol. The van der Waals surface area contributed by atoms with Crippen LogP contribution in [0.15, 0.2) is 93.5 Å². The van der Waals surface area contributed by atoms with Gasteiger partial charge in [0.1, 0.15) is 0 Å². The van der Waals surface area contributed by atoms with Crippen molar-refractivity contribution in [2.45, 2.75) is 14.7 Å². The van der Waals surface area contributed by atoms with Crippen molar-refractivity contribution in [1.82, 2.24) is 0 Å². The van der Waals surface area contributed by atoms with Crippen LogP contribution in [0.25, 0.3) is 11.1 Å². The first-order chi connectivity index (χ1) is 12.3. The van der Waals surface area contributed by atoms with Gasteiger partial charge in [0, 0.05) is 15.4 Å². The van der Waals surface area contributed by atoms with E-state index in [1.165, 1.54) is 20.9 Å². The fourth-order valence-corrected chi connectivity index (χ4v) is 3.25. The molecule has 0 saturated carbocycles. The van der Waals surface area contributed by atoms with E-state index in [2.05, 4.69) is 79.4 Å². The third-order valence-corrected chi connectivity index (χ3v) is 4.49. The van der Waals surface area contributed by atoms with E-state index in [4.69, 9.17) is 0 Å². The summed E-state index contributed by atoms with van der Waals surface area (Å²) in [6.07, 6.45) is 0. The Labute approximate surface area is 162 Å². The van der Waals surface area contributed by atoms with Crippen LogP contribution < -0.4 is 0 Å². The Morgan fingerprint density at radius 1 is 0.630 bits per heavy atom. The Bertz CT molecular complexity index is 886. The molecule has 3 aromatic carbocycles. The minimum Gasteiger partial charge on any atom is -0.0901 e. The Balaban J connectivity index is 0.000000321. The third kappa shape index (κ3) is 9.75. The molecule has 0 N–H and O–H groups in total. The van der Waals surface area contributed by atoms with E-state index >= 15 is 0 Å². The molecule has 9 heteroatoms. The van der Waals surface area contributed by atoms with Gasteiger partial charge < -0.3 is 0 Å². The number of benzene rings is 3. The normalized spacial score (nSPS) is 13.7. The molecule has 0 spiro atoms. The van der Waals surface area contributed by atoms with Crippen molar-refractivity contribution in [3.63, 3.8) is 0 Å². The van der Waals surface area contributed by atoms with Crippen LogP contribution in [0.1, 0.15) is 0 Å². The number of rotatable bonds is 3. The van der Waals surface area contributed by atoms with Crippen LogP contribution in [-0.2, 0) is 12.6 Å². The summed E-state index contributed by atoms with van der Waals surface area (Å²) in [6, 6.07) is 27.4. The van der Waals surface area contributed by atoms with Gasteiger partial charge in [0.25, 0.3) is 0 Å². The van der Waals surface area contributed by atoms with Crippen LogP contribution >= 0.6 is 19.6 Å². The molecule has 0 fully saturated rings. The van der Waals surface area contributed by atoms with Crippen LogP contribution in [0.5, 0.6) is 0 Å². The number of hydrogen-bond donors (Lipinski definition) is 0. The van der Waals surface area contributed by atoms with Crippen molar-refractivity contribution in [2.24, 2.45) is 0 Å². The van der Waals surface area contributed by atoms with Crippen LogP contribution in [0.2, 0.25) is 0 Å². The Morgan fingerprint density at radius 2 is 1.11 bits per heavy atom. The summed E-state index contributed by atoms with van der Waals surface area (Å²) >= 11 is 5.48. The van der Waals surface area contributed by atoms with E-state index in [0.717, 1.165) is 4.90 Å². The average molecular weight is 440 g/mol. The summed E-state index contributed by atoms with van der Waals surface area (Å²) in [5.41, 5.74) is 2.45.